The number of methoxy groups -OCH3 is 2. The van der Waals surface area contributed by atoms with Gasteiger partial charge in [0.05, 0.1) is 0 Å². The van der Waals surface area contributed by atoms with Crippen molar-refractivity contribution in [2.75, 3.05) is 40.5 Å². The Morgan fingerprint density at radius 3 is 1.98 bits per heavy atom. The summed E-state index contributed by atoms with van der Waals surface area (Å²) in [7, 11) is 2.88. The summed E-state index contributed by atoms with van der Waals surface area (Å²) in [4.78, 5) is 41.8. The zero-order chi connectivity index (χ0) is 32.6. The summed E-state index contributed by atoms with van der Waals surface area (Å²) < 4.78 is 27.8. The number of hydrogen-bond donors (Lipinski definition) is 0. The Morgan fingerprint density at radius 1 is 0.761 bits per heavy atom. The largest absolute Gasteiger partial charge is 0.492 e. The van der Waals surface area contributed by atoms with Crippen molar-refractivity contribution < 1.29 is 38.1 Å². The summed E-state index contributed by atoms with van der Waals surface area (Å²) in [5.41, 5.74) is 1.82. The summed E-state index contributed by atoms with van der Waals surface area (Å²) in [5, 5.41) is 0.732. The van der Waals surface area contributed by atoms with Gasteiger partial charge in [0.15, 0.2) is 18.0 Å². The van der Waals surface area contributed by atoms with Crippen LogP contribution in [0.15, 0.2) is 66.7 Å². The summed E-state index contributed by atoms with van der Waals surface area (Å²) in [6.45, 7) is 6.94. The van der Waals surface area contributed by atoms with Crippen molar-refractivity contribution in [2.24, 2.45) is 0 Å². The van der Waals surface area contributed by atoms with Gasteiger partial charge in [-0.3, -0.25) is 9.69 Å². The van der Waals surface area contributed by atoms with Gasteiger partial charge in [-0.15, -0.1) is 11.3 Å². The van der Waals surface area contributed by atoms with Crippen molar-refractivity contribution in [3.8, 4) is 27.7 Å². The molecular weight excluding hydrogens is 606 g/mol. The zero-order valence-corrected chi connectivity index (χ0v) is 27.4. The number of piperidine rings is 1. The normalized spacial score (nSPS) is 14.9. The number of ether oxygens (including phenoxy) is 5. The first kappa shape index (κ1) is 33.3. The van der Waals surface area contributed by atoms with E-state index >= 15 is 0 Å². The van der Waals surface area contributed by atoms with E-state index in [1.807, 2.05) is 24.3 Å². The Hall–Kier alpha value is -4.09. The van der Waals surface area contributed by atoms with E-state index in [0.29, 0.717) is 35.0 Å². The Labute approximate surface area is 273 Å². The van der Waals surface area contributed by atoms with Crippen LogP contribution in [-0.4, -0.2) is 75.3 Å². The molecule has 46 heavy (non-hydrogen) atoms. The van der Waals surface area contributed by atoms with E-state index in [-0.39, 0.29) is 5.78 Å². The van der Waals surface area contributed by atoms with Gasteiger partial charge in [0, 0.05) is 46.9 Å². The third-order valence-electron chi connectivity index (χ3n) is 8.05. The molecule has 1 saturated heterocycles. The van der Waals surface area contributed by atoms with Gasteiger partial charge in [-0.25, -0.2) is 9.59 Å². The second-order valence-corrected chi connectivity index (χ2v) is 12.2. The van der Waals surface area contributed by atoms with E-state index in [1.165, 1.54) is 44.8 Å². The van der Waals surface area contributed by atoms with Crippen LogP contribution >= 0.6 is 11.3 Å². The van der Waals surface area contributed by atoms with E-state index in [9.17, 15) is 14.4 Å². The van der Waals surface area contributed by atoms with Gasteiger partial charge >= 0.3 is 11.9 Å². The van der Waals surface area contributed by atoms with Crippen molar-refractivity contribution in [3.63, 3.8) is 0 Å². The van der Waals surface area contributed by atoms with Gasteiger partial charge in [0.1, 0.15) is 23.9 Å². The molecule has 5 rings (SSSR count). The summed E-state index contributed by atoms with van der Waals surface area (Å²) in [5.74, 6) is 0.271. The van der Waals surface area contributed by atoms with Gasteiger partial charge in [0.25, 0.3) is 0 Å². The van der Waals surface area contributed by atoms with Crippen LogP contribution in [0.3, 0.4) is 0 Å². The molecule has 4 aromatic rings. The summed E-state index contributed by atoms with van der Waals surface area (Å²) >= 11 is 1.41. The van der Waals surface area contributed by atoms with Gasteiger partial charge in [-0.05, 0) is 112 Å². The van der Waals surface area contributed by atoms with Crippen LogP contribution in [0.1, 0.15) is 49.0 Å². The Kier molecular flexibility index (Phi) is 11.2. The minimum Gasteiger partial charge on any atom is -0.492 e. The molecule has 0 spiro atoms. The number of carbonyl (C=O) groups is 3. The second-order valence-electron chi connectivity index (χ2n) is 11.2. The number of likely N-dealkylation sites (tertiary alicyclic amines) is 1. The summed E-state index contributed by atoms with van der Waals surface area (Å²) in [6, 6.07) is 19.4. The number of fused-ring (bicyclic) bond motifs is 1. The number of ketones is 1. The fourth-order valence-corrected chi connectivity index (χ4v) is 6.39. The third kappa shape index (κ3) is 8.00. The predicted octanol–water partition coefficient (Wildman–Crippen LogP) is 6.54. The van der Waals surface area contributed by atoms with Crippen LogP contribution in [0.5, 0.6) is 17.2 Å². The molecule has 242 valence electrons. The van der Waals surface area contributed by atoms with Gasteiger partial charge < -0.3 is 23.7 Å². The van der Waals surface area contributed by atoms with E-state index in [4.69, 9.17) is 23.7 Å². The maximum Gasteiger partial charge on any atom is 0.340 e. The molecular formula is C36H39NO8S. The first-order valence-electron chi connectivity index (χ1n) is 15.4. The van der Waals surface area contributed by atoms with E-state index in [2.05, 4.69) is 4.90 Å². The van der Waals surface area contributed by atoms with Crippen molar-refractivity contribution >= 4 is 39.1 Å². The molecule has 0 N–H and O–H groups in total. The van der Waals surface area contributed by atoms with E-state index in [1.54, 1.807) is 56.3 Å². The highest BCUT2D eigenvalue weighted by Gasteiger charge is 2.23. The Bertz CT molecular complexity index is 1660. The maximum absolute atomic E-state index is 14.1. The fraction of sp³-hybridized carbons (Fsp3) is 0.361. The topological polar surface area (TPSA) is 101 Å². The first-order chi connectivity index (χ1) is 22.3. The molecule has 10 heteroatoms. The molecule has 1 aromatic heterocycles. The molecule has 3 aromatic carbocycles. The van der Waals surface area contributed by atoms with E-state index < -0.39 is 24.1 Å². The fourth-order valence-electron chi connectivity index (χ4n) is 5.16. The molecule has 1 aliphatic heterocycles. The highest BCUT2D eigenvalue weighted by Crippen LogP contribution is 2.42. The smallest absolute Gasteiger partial charge is 0.340 e. The van der Waals surface area contributed by atoms with Crippen LogP contribution in [0.25, 0.3) is 20.5 Å². The van der Waals surface area contributed by atoms with Gasteiger partial charge in [0.2, 0.25) is 0 Å². The monoisotopic (exact) mass is 645 g/mol. The number of hydrogen-bond acceptors (Lipinski definition) is 10. The van der Waals surface area contributed by atoms with Crippen molar-refractivity contribution in [3.05, 3.63) is 77.9 Å². The highest BCUT2D eigenvalue weighted by molar-refractivity contribution is 7.22. The number of thiophene rings is 1. The minimum absolute atomic E-state index is 0.150. The summed E-state index contributed by atoms with van der Waals surface area (Å²) in [6.07, 6.45) is 2.35. The standard InChI is InChI=1S/C36H39NO8S/c1-23(41-3)35(39)44-28-14-10-26(11-15-28)34-32(30-17-16-29(22-31(30)46-34)45-36(40)24(2)42-4)33(38)25-8-12-27(13-9-25)43-21-20-37-18-6-5-7-19-37/h8-17,22-24H,5-7,18-21H2,1-4H3. The van der Waals surface area contributed by atoms with Crippen LogP contribution in [-0.2, 0) is 19.1 Å². The van der Waals surface area contributed by atoms with Crippen LogP contribution in [0.2, 0.25) is 0 Å². The van der Waals surface area contributed by atoms with Crippen LogP contribution < -0.4 is 14.2 Å². The van der Waals surface area contributed by atoms with Crippen molar-refractivity contribution in [2.45, 2.75) is 45.3 Å². The molecule has 0 radical (unpaired) electrons. The molecule has 9 nitrogen and oxygen atoms in total. The number of rotatable bonds is 13. The lowest BCUT2D eigenvalue weighted by molar-refractivity contribution is -0.145. The molecule has 0 saturated carbocycles. The SMILES string of the molecule is COC(C)C(=O)Oc1ccc(-c2sc3cc(OC(=O)C(C)OC)ccc3c2C(=O)c2ccc(OCCN3CCCCC3)cc2)cc1. The molecule has 2 heterocycles. The lowest BCUT2D eigenvalue weighted by Crippen LogP contribution is -2.33. The second kappa shape index (κ2) is 15.5. The van der Waals surface area contributed by atoms with E-state index in [0.717, 1.165) is 40.2 Å². The highest BCUT2D eigenvalue weighted by atomic mass is 32.1. The van der Waals surface area contributed by atoms with Gasteiger partial charge in [-0.1, -0.05) is 6.42 Å². The first-order valence-corrected chi connectivity index (χ1v) is 16.2. The maximum atomic E-state index is 14.1. The lowest BCUT2D eigenvalue weighted by atomic mass is 9.97. The molecule has 1 fully saturated rings. The van der Waals surface area contributed by atoms with Crippen molar-refractivity contribution in [1.82, 2.24) is 4.90 Å². The molecule has 0 aliphatic carbocycles. The molecule has 0 amide bonds. The molecule has 2 unspecified atom stereocenters. The average Bonchev–Trinajstić information content (AvgIpc) is 3.47. The molecule has 2 atom stereocenters. The lowest BCUT2D eigenvalue weighted by Gasteiger charge is -2.26. The third-order valence-corrected chi connectivity index (χ3v) is 9.26. The predicted molar refractivity (Wildman–Crippen MR) is 177 cm³/mol. The Morgan fingerprint density at radius 2 is 1.35 bits per heavy atom. The van der Waals surface area contributed by atoms with Gasteiger partial charge in [-0.2, -0.15) is 0 Å². The number of benzene rings is 3. The number of esters is 2. The minimum atomic E-state index is -0.719. The number of carbonyl (C=O) groups excluding carboxylic acids is 3. The number of nitrogens with zero attached hydrogens (tertiary/aromatic N) is 1. The van der Waals surface area contributed by atoms with Crippen LogP contribution in [0.4, 0.5) is 0 Å². The molecule has 1 aliphatic rings. The zero-order valence-electron chi connectivity index (χ0n) is 26.6. The van der Waals surface area contributed by atoms with Crippen LogP contribution in [0, 0.1) is 0 Å². The molecule has 0 bridgehead atoms. The Balaban J connectivity index is 1.42. The average molecular weight is 646 g/mol. The van der Waals surface area contributed by atoms with Crippen molar-refractivity contribution in [1.29, 1.82) is 0 Å². The quantitative estimate of drug-likeness (QED) is 0.0911.